The normalized spacial score (nSPS) is 18.9. The molecule has 0 unspecified atom stereocenters. The summed E-state index contributed by atoms with van der Waals surface area (Å²) in [4.78, 5) is 13.7. The van der Waals surface area contributed by atoms with E-state index < -0.39 is 6.10 Å². The van der Waals surface area contributed by atoms with Crippen LogP contribution in [0, 0.1) is 0 Å². The van der Waals surface area contributed by atoms with Gasteiger partial charge in [0.15, 0.2) is 5.78 Å². The predicted octanol–water partition coefficient (Wildman–Crippen LogP) is 3.12. The van der Waals surface area contributed by atoms with E-state index in [1.54, 1.807) is 24.3 Å². The number of aliphatic hydroxyl groups is 1. The topological polar surface area (TPSA) is 49.8 Å². The van der Waals surface area contributed by atoms with Crippen molar-refractivity contribution in [3.05, 3.63) is 65.7 Å². The molecule has 1 fully saturated rings. The summed E-state index contributed by atoms with van der Waals surface area (Å²) in [6.07, 6.45) is 0.577. The Balaban J connectivity index is 1.46. The van der Waals surface area contributed by atoms with Gasteiger partial charge in [0, 0.05) is 18.7 Å². The van der Waals surface area contributed by atoms with Crippen LogP contribution in [-0.4, -0.2) is 48.1 Å². The van der Waals surface area contributed by atoms with Gasteiger partial charge in [-0.1, -0.05) is 42.5 Å². The lowest BCUT2D eigenvalue weighted by atomic mass is 9.99. The van der Waals surface area contributed by atoms with E-state index in [0.717, 1.165) is 19.5 Å². The quantitative estimate of drug-likeness (QED) is 0.788. The van der Waals surface area contributed by atoms with Gasteiger partial charge in [0.25, 0.3) is 0 Å². The van der Waals surface area contributed by atoms with Crippen molar-refractivity contribution >= 4 is 5.78 Å². The molecule has 1 saturated heterocycles. The van der Waals surface area contributed by atoms with Gasteiger partial charge in [0.1, 0.15) is 18.5 Å². The molecular weight excluding hydrogens is 314 g/mol. The lowest BCUT2D eigenvalue weighted by Crippen LogP contribution is -2.34. The first-order valence-corrected chi connectivity index (χ1v) is 8.81. The van der Waals surface area contributed by atoms with Crippen LogP contribution in [0.1, 0.15) is 35.2 Å². The Labute approximate surface area is 149 Å². The number of nitrogens with zero attached hydrogens (tertiary/aromatic N) is 1. The number of carbonyl (C=O) groups is 1. The third-order valence-corrected chi connectivity index (χ3v) is 4.70. The van der Waals surface area contributed by atoms with E-state index in [1.165, 1.54) is 12.5 Å². The van der Waals surface area contributed by atoms with Crippen molar-refractivity contribution in [1.82, 2.24) is 4.90 Å². The van der Waals surface area contributed by atoms with Crippen molar-refractivity contribution < 1.29 is 14.6 Å². The highest BCUT2D eigenvalue weighted by atomic mass is 16.5. The van der Waals surface area contributed by atoms with Crippen LogP contribution in [-0.2, 0) is 0 Å². The van der Waals surface area contributed by atoms with E-state index in [1.807, 2.05) is 6.07 Å². The Kier molecular flexibility index (Phi) is 5.84. The van der Waals surface area contributed by atoms with Crippen LogP contribution < -0.4 is 4.74 Å². The zero-order valence-corrected chi connectivity index (χ0v) is 14.6. The van der Waals surface area contributed by atoms with Crippen LogP contribution in [0.3, 0.4) is 0 Å². The number of hydrogen-bond donors (Lipinski definition) is 1. The fourth-order valence-corrected chi connectivity index (χ4v) is 3.34. The SMILES string of the molecule is CC(=O)c1cccc(OC[C@@H](O)CN2CC[C@@H](c3ccccc3)C2)c1. The molecule has 1 aliphatic heterocycles. The second-order valence-electron chi connectivity index (χ2n) is 6.70. The number of carbonyl (C=O) groups excluding carboxylic acids is 1. The van der Waals surface area contributed by atoms with E-state index in [9.17, 15) is 9.90 Å². The fourth-order valence-electron chi connectivity index (χ4n) is 3.34. The molecule has 4 heteroatoms. The molecule has 0 bridgehead atoms. The summed E-state index contributed by atoms with van der Waals surface area (Å²) in [7, 11) is 0. The van der Waals surface area contributed by atoms with Crippen LogP contribution in [0.15, 0.2) is 54.6 Å². The Morgan fingerprint density at radius 2 is 2.04 bits per heavy atom. The minimum Gasteiger partial charge on any atom is -0.491 e. The molecule has 0 spiro atoms. The summed E-state index contributed by atoms with van der Waals surface area (Å²) in [6, 6.07) is 17.6. The Hall–Kier alpha value is -2.17. The van der Waals surface area contributed by atoms with Gasteiger partial charge < -0.3 is 14.7 Å². The highest BCUT2D eigenvalue weighted by molar-refractivity contribution is 5.94. The van der Waals surface area contributed by atoms with E-state index in [4.69, 9.17) is 4.74 Å². The van der Waals surface area contributed by atoms with Crippen LogP contribution in [0.2, 0.25) is 0 Å². The van der Waals surface area contributed by atoms with Gasteiger partial charge in [-0.05, 0) is 43.5 Å². The highest BCUT2D eigenvalue weighted by Gasteiger charge is 2.25. The highest BCUT2D eigenvalue weighted by Crippen LogP contribution is 2.26. The monoisotopic (exact) mass is 339 g/mol. The Morgan fingerprint density at radius 1 is 1.24 bits per heavy atom. The van der Waals surface area contributed by atoms with Crippen molar-refractivity contribution in [2.24, 2.45) is 0 Å². The molecule has 0 radical (unpaired) electrons. The molecule has 0 aromatic heterocycles. The summed E-state index contributed by atoms with van der Waals surface area (Å²) < 4.78 is 5.65. The summed E-state index contributed by atoms with van der Waals surface area (Å²) in [5.74, 6) is 1.17. The number of likely N-dealkylation sites (tertiary alicyclic amines) is 1. The lowest BCUT2D eigenvalue weighted by Gasteiger charge is -2.20. The second kappa shape index (κ2) is 8.28. The van der Waals surface area contributed by atoms with E-state index in [2.05, 4.69) is 29.2 Å². The number of ether oxygens (including phenoxy) is 1. The predicted molar refractivity (Wildman–Crippen MR) is 98.2 cm³/mol. The van der Waals surface area contributed by atoms with E-state index >= 15 is 0 Å². The number of β-amino-alcohol motifs (C(OH)–C–C–N with tert-alkyl or cyclic N) is 1. The molecule has 3 rings (SSSR count). The summed E-state index contributed by atoms with van der Waals surface area (Å²) >= 11 is 0. The van der Waals surface area contributed by atoms with Crippen molar-refractivity contribution in [3.63, 3.8) is 0 Å². The van der Waals surface area contributed by atoms with Gasteiger partial charge in [0.2, 0.25) is 0 Å². The van der Waals surface area contributed by atoms with Gasteiger partial charge in [-0.25, -0.2) is 0 Å². The van der Waals surface area contributed by atoms with Crippen LogP contribution in [0.5, 0.6) is 5.75 Å². The zero-order valence-electron chi connectivity index (χ0n) is 14.6. The maximum absolute atomic E-state index is 11.4. The molecule has 132 valence electrons. The van der Waals surface area contributed by atoms with Gasteiger partial charge in [0.05, 0.1) is 0 Å². The third kappa shape index (κ3) is 4.91. The summed E-state index contributed by atoms with van der Waals surface area (Å²) in [5.41, 5.74) is 1.99. The second-order valence-corrected chi connectivity index (χ2v) is 6.70. The fraction of sp³-hybridized carbons (Fsp3) is 0.381. The van der Waals surface area contributed by atoms with E-state index in [0.29, 0.717) is 23.8 Å². The first kappa shape index (κ1) is 17.6. The van der Waals surface area contributed by atoms with Crippen molar-refractivity contribution in [3.8, 4) is 5.75 Å². The molecule has 1 aliphatic rings. The molecule has 1 heterocycles. The molecule has 0 aliphatic carbocycles. The van der Waals surface area contributed by atoms with Crippen molar-refractivity contribution in [2.75, 3.05) is 26.2 Å². The van der Waals surface area contributed by atoms with Crippen LogP contribution in [0.25, 0.3) is 0 Å². The summed E-state index contributed by atoms with van der Waals surface area (Å²) in [5, 5.41) is 10.3. The molecule has 2 atom stereocenters. The first-order valence-electron chi connectivity index (χ1n) is 8.81. The average Bonchev–Trinajstić information content (AvgIpc) is 3.09. The minimum absolute atomic E-state index is 0.00928. The Bertz CT molecular complexity index is 701. The number of benzene rings is 2. The van der Waals surface area contributed by atoms with Crippen molar-refractivity contribution in [1.29, 1.82) is 0 Å². The first-order chi connectivity index (χ1) is 12.1. The number of hydrogen-bond acceptors (Lipinski definition) is 4. The number of aliphatic hydroxyl groups excluding tert-OH is 1. The number of rotatable bonds is 7. The average molecular weight is 339 g/mol. The number of ketones is 1. The van der Waals surface area contributed by atoms with E-state index in [-0.39, 0.29) is 12.4 Å². The minimum atomic E-state index is -0.546. The Morgan fingerprint density at radius 3 is 2.80 bits per heavy atom. The molecule has 2 aromatic carbocycles. The van der Waals surface area contributed by atoms with Gasteiger partial charge in [-0.2, -0.15) is 0 Å². The molecular formula is C21H25NO3. The third-order valence-electron chi connectivity index (χ3n) is 4.70. The zero-order chi connectivity index (χ0) is 17.6. The van der Waals surface area contributed by atoms with Gasteiger partial charge in [-0.3, -0.25) is 4.79 Å². The van der Waals surface area contributed by atoms with Gasteiger partial charge >= 0.3 is 0 Å². The maximum Gasteiger partial charge on any atom is 0.159 e. The number of Topliss-reactive ketones (excluding diaryl/α,β-unsaturated/α-hetero) is 1. The molecule has 0 saturated carbocycles. The molecule has 25 heavy (non-hydrogen) atoms. The standard InChI is InChI=1S/C21H25NO3/c1-16(23)18-8-5-9-21(12-18)25-15-20(24)14-22-11-10-19(13-22)17-6-3-2-4-7-17/h2-9,12,19-20,24H,10-11,13-15H2,1H3/t19-,20+/m1/s1. The van der Waals surface area contributed by atoms with Gasteiger partial charge in [-0.15, -0.1) is 0 Å². The summed E-state index contributed by atoms with van der Waals surface area (Å²) in [6.45, 7) is 4.34. The molecule has 1 N–H and O–H groups in total. The lowest BCUT2D eigenvalue weighted by molar-refractivity contribution is 0.0754. The maximum atomic E-state index is 11.4. The molecule has 0 amide bonds. The van der Waals surface area contributed by atoms with Crippen LogP contribution in [0.4, 0.5) is 0 Å². The van der Waals surface area contributed by atoms with Crippen molar-refractivity contribution in [2.45, 2.75) is 25.4 Å². The smallest absolute Gasteiger partial charge is 0.159 e. The molecule has 2 aromatic rings. The molecule has 4 nitrogen and oxygen atoms in total. The largest absolute Gasteiger partial charge is 0.491 e. The van der Waals surface area contributed by atoms with Crippen LogP contribution >= 0.6 is 0 Å².